The topological polar surface area (TPSA) is 38.9 Å². The normalized spacial score (nSPS) is 13.0. The van der Waals surface area contributed by atoms with Crippen molar-refractivity contribution in [1.82, 2.24) is 9.97 Å². The van der Waals surface area contributed by atoms with Crippen molar-refractivity contribution in [3.8, 4) is 78.6 Å². The molecule has 0 saturated carbocycles. The predicted molar refractivity (Wildman–Crippen MR) is 235 cm³/mol. The predicted octanol–water partition coefficient (Wildman–Crippen LogP) is 13.9. The molecule has 12 rings (SSSR count). The number of aromatic nitrogens is 2. The number of hydrogen-bond acceptors (Lipinski definition) is 3. The first-order valence-corrected chi connectivity index (χ1v) is 19.8. The van der Waals surface area contributed by atoms with Crippen LogP contribution in [0, 0.1) is 0 Å². The first-order chi connectivity index (χ1) is 28.8. The molecular weight excluding hydrogens is 705 g/mol. The van der Waals surface area contributed by atoms with E-state index in [2.05, 4.69) is 182 Å². The van der Waals surface area contributed by atoms with Crippen molar-refractivity contribution in [3.63, 3.8) is 0 Å². The number of benzene rings is 8. The summed E-state index contributed by atoms with van der Waals surface area (Å²) in [4.78, 5) is 10.3. The fraction of sp³-hybridized carbons (Fsp3) is 0.0182. The third-order valence-electron chi connectivity index (χ3n) is 12.1. The monoisotopic (exact) mass is 738 g/mol. The van der Waals surface area contributed by atoms with E-state index in [4.69, 9.17) is 14.4 Å². The third-order valence-corrected chi connectivity index (χ3v) is 12.1. The Morgan fingerprint density at radius 2 is 0.879 bits per heavy atom. The van der Waals surface area contributed by atoms with Gasteiger partial charge in [-0.1, -0.05) is 188 Å². The van der Waals surface area contributed by atoms with Crippen molar-refractivity contribution in [1.29, 1.82) is 0 Å². The highest BCUT2D eigenvalue weighted by atomic mass is 16.3. The highest BCUT2D eigenvalue weighted by Gasteiger charge is 2.55. The van der Waals surface area contributed by atoms with E-state index in [9.17, 15) is 0 Å². The van der Waals surface area contributed by atoms with Crippen molar-refractivity contribution >= 4 is 11.0 Å². The number of nitrogens with zero attached hydrogens (tertiary/aromatic N) is 2. The minimum atomic E-state index is -0.542. The molecule has 0 unspecified atom stereocenters. The van der Waals surface area contributed by atoms with Crippen LogP contribution in [0.1, 0.15) is 22.3 Å². The maximum atomic E-state index is 6.84. The smallest absolute Gasteiger partial charge is 0.160 e. The summed E-state index contributed by atoms with van der Waals surface area (Å²) in [6.45, 7) is 0. The molecular formula is C55H34N2O. The Morgan fingerprint density at radius 1 is 0.345 bits per heavy atom. The van der Waals surface area contributed by atoms with E-state index in [0.717, 1.165) is 61.5 Å². The number of fused-ring (bicyclic) bond motifs is 12. The average molecular weight is 739 g/mol. The number of hydrogen-bond donors (Lipinski definition) is 0. The quantitative estimate of drug-likeness (QED) is 0.176. The Morgan fingerprint density at radius 3 is 1.62 bits per heavy atom. The molecule has 0 radical (unpaired) electrons. The molecule has 58 heavy (non-hydrogen) atoms. The lowest BCUT2D eigenvalue weighted by molar-refractivity contribution is 0.628. The van der Waals surface area contributed by atoms with Crippen LogP contribution in [0.25, 0.3) is 89.6 Å². The van der Waals surface area contributed by atoms with Gasteiger partial charge in [0.2, 0.25) is 0 Å². The minimum Gasteiger partial charge on any atom is -0.456 e. The van der Waals surface area contributed by atoms with Crippen molar-refractivity contribution in [2.45, 2.75) is 5.41 Å². The molecule has 0 N–H and O–H groups in total. The van der Waals surface area contributed by atoms with Crippen LogP contribution in [0.3, 0.4) is 0 Å². The summed E-state index contributed by atoms with van der Waals surface area (Å²) in [5.41, 5.74) is 18.6. The van der Waals surface area contributed by atoms with Gasteiger partial charge < -0.3 is 4.42 Å². The summed E-state index contributed by atoms with van der Waals surface area (Å²) in [6.07, 6.45) is 0. The summed E-state index contributed by atoms with van der Waals surface area (Å²) in [5.74, 6) is 1.66. The van der Waals surface area contributed by atoms with Gasteiger partial charge in [-0.2, -0.15) is 0 Å². The number of para-hydroxylation sites is 1. The average Bonchev–Trinajstić information content (AvgIpc) is 3.93. The molecule has 0 saturated heterocycles. The Bertz CT molecular complexity index is 3170. The molecule has 0 fully saturated rings. The Labute approximate surface area is 336 Å². The van der Waals surface area contributed by atoms with Gasteiger partial charge in [-0.05, 0) is 68.3 Å². The molecule has 2 aliphatic rings. The molecule has 0 bridgehead atoms. The van der Waals surface area contributed by atoms with Crippen LogP contribution >= 0.6 is 0 Å². The van der Waals surface area contributed by atoms with Gasteiger partial charge in [0.15, 0.2) is 5.82 Å². The molecule has 3 nitrogen and oxygen atoms in total. The molecule has 3 heteroatoms. The van der Waals surface area contributed by atoms with Crippen LogP contribution in [0.4, 0.5) is 0 Å². The number of rotatable bonds is 5. The highest BCUT2D eigenvalue weighted by molar-refractivity contribution is 6.04. The lowest BCUT2D eigenvalue weighted by Crippen LogP contribution is -2.26. The fourth-order valence-electron chi connectivity index (χ4n) is 9.66. The number of furan rings is 1. The summed E-state index contributed by atoms with van der Waals surface area (Å²) in [7, 11) is 0. The van der Waals surface area contributed by atoms with E-state index in [1.54, 1.807) is 0 Å². The molecule has 2 heterocycles. The zero-order chi connectivity index (χ0) is 38.2. The molecule has 1 spiro atoms. The van der Waals surface area contributed by atoms with Crippen molar-refractivity contribution in [3.05, 3.63) is 229 Å². The summed E-state index contributed by atoms with van der Waals surface area (Å²) in [6, 6.07) is 73.5. The largest absolute Gasteiger partial charge is 0.456 e. The molecule has 270 valence electrons. The standard InChI is InChI=1S/C55H34N2O/c1-3-15-35(16-4-1)39-19-13-20-40(33-39)49-34-48(56-54(57-49)38-17-5-2-6-18-38)37-31-29-36(30-32-37)41-24-14-25-45-51(41)55(52-44-23-9-12-28-50(44)58-53(45)52)46-26-10-7-21-42(46)43-22-8-11-27-47(43)55/h1-34H. The van der Waals surface area contributed by atoms with E-state index in [1.165, 1.54) is 44.5 Å². The Balaban J connectivity index is 1.03. The van der Waals surface area contributed by atoms with Crippen LogP contribution in [0.2, 0.25) is 0 Å². The lowest BCUT2D eigenvalue weighted by atomic mass is 9.68. The molecule has 0 amide bonds. The Kier molecular flexibility index (Phi) is 7.14. The summed E-state index contributed by atoms with van der Waals surface area (Å²) in [5, 5.41) is 1.16. The van der Waals surface area contributed by atoms with Gasteiger partial charge in [-0.15, -0.1) is 0 Å². The lowest BCUT2D eigenvalue weighted by Gasteiger charge is -2.31. The third kappa shape index (κ3) is 4.74. The van der Waals surface area contributed by atoms with Gasteiger partial charge in [0.1, 0.15) is 11.3 Å². The molecule has 10 aromatic rings. The molecule has 2 aromatic heterocycles. The minimum absolute atomic E-state index is 0.542. The van der Waals surface area contributed by atoms with Gasteiger partial charge in [0.05, 0.1) is 16.8 Å². The van der Waals surface area contributed by atoms with Crippen molar-refractivity contribution in [2.24, 2.45) is 0 Å². The molecule has 0 atom stereocenters. The van der Waals surface area contributed by atoms with E-state index in [0.29, 0.717) is 5.82 Å². The van der Waals surface area contributed by atoms with Crippen LogP contribution in [-0.4, -0.2) is 9.97 Å². The molecule has 2 aliphatic carbocycles. The first-order valence-electron chi connectivity index (χ1n) is 19.8. The van der Waals surface area contributed by atoms with Crippen LogP contribution < -0.4 is 0 Å². The molecule has 0 aliphatic heterocycles. The summed E-state index contributed by atoms with van der Waals surface area (Å²) >= 11 is 0. The van der Waals surface area contributed by atoms with Gasteiger partial charge in [0, 0.05) is 33.2 Å². The highest BCUT2D eigenvalue weighted by Crippen LogP contribution is 2.66. The zero-order valence-corrected chi connectivity index (χ0v) is 31.4. The van der Waals surface area contributed by atoms with Gasteiger partial charge >= 0.3 is 0 Å². The van der Waals surface area contributed by atoms with Crippen LogP contribution in [0.5, 0.6) is 0 Å². The van der Waals surface area contributed by atoms with E-state index in [-0.39, 0.29) is 0 Å². The second kappa shape index (κ2) is 12.7. The van der Waals surface area contributed by atoms with Gasteiger partial charge in [-0.25, -0.2) is 9.97 Å². The van der Waals surface area contributed by atoms with E-state index >= 15 is 0 Å². The SMILES string of the molecule is c1ccc(-c2cccc(-c3cc(-c4ccc(-c5cccc6c5C5(c7ccccc7-c7ccccc75)c5c-6oc6ccccc56)cc4)nc(-c4ccccc4)n3)c2)cc1. The van der Waals surface area contributed by atoms with Crippen molar-refractivity contribution < 1.29 is 4.42 Å². The maximum absolute atomic E-state index is 6.84. The van der Waals surface area contributed by atoms with Gasteiger partial charge in [-0.3, -0.25) is 0 Å². The fourth-order valence-corrected chi connectivity index (χ4v) is 9.66. The second-order valence-electron chi connectivity index (χ2n) is 15.2. The Hall–Kier alpha value is -7.62. The van der Waals surface area contributed by atoms with E-state index in [1.807, 2.05) is 24.3 Å². The van der Waals surface area contributed by atoms with Crippen molar-refractivity contribution in [2.75, 3.05) is 0 Å². The van der Waals surface area contributed by atoms with Gasteiger partial charge in [0.25, 0.3) is 0 Å². The second-order valence-corrected chi connectivity index (χ2v) is 15.2. The van der Waals surface area contributed by atoms with Crippen LogP contribution in [-0.2, 0) is 5.41 Å². The zero-order valence-electron chi connectivity index (χ0n) is 31.4. The summed E-state index contributed by atoms with van der Waals surface area (Å²) < 4.78 is 6.84. The maximum Gasteiger partial charge on any atom is 0.160 e. The van der Waals surface area contributed by atoms with Crippen LogP contribution in [0.15, 0.2) is 211 Å². The first kappa shape index (κ1) is 32.6. The van der Waals surface area contributed by atoms with E-state index < -0.39 is 5.41 Å². The molecule has 8 aromatic carbocycles.